The second kappa shape index (κ2) is 8.20. The fraction of sp³-hybridized carbons (Fsp3) is 0.294. The summed E-state index contributed by atoms with van der Waals surface area (Å²) in [5.41, 5.74) is 8.82. The van der Waals surface area contributed by atoms with Gasteiger partial charge in [-0.05, 0) is 45.0 Å². The first kappa shape index (κ1) is 15.1. The molecule has 0 spiro atoms. The molecule has 0 aliphatic rings. The molecule has 0 atom stereocenters. The normalized spacial score (nSPS) is 9.42. The van der Waals surface area contributed by atoms with Crippen LogP contribution in [-0.4, -0.2) is 13.1 Å². The lowest BCUT2D eigenvalue weighted by molar-refractivity contribution is 0.866. The Hall–Kier alpha value is -1.96. The van der Waals surface area contributed by atoms with E-state index in [2.05, 4.69) is 43.0 Å². The largest absolute Gasteiger partial charge is 0.399 e. The summed E-state index contributed by atoms with van der Waals surface area (Å²) in [4.78, 5) is 2.33. The molecule has 0 unspecified atom stereocenters. The Bertz CT molecular complexity index is 423. The Balaban J connectivity index is 0.000000200. The van der Waals surface area contributed by atoms with Gasteiger partial charge in [-0.1, -0.05) is 35.9 Å². The lowest BCUT2D eigenvalue weighted by atomic mass is 10.2. The van der Waals surface area contributed by atoms with Gasteiger partial charge in [-0.25, -0.2) is 0 Å². The maximum absolute atomic E-state index is 5.43. The maximum atomic E-state index is 5.43. The third-order valence-corrected chi connectivity index (χ3v) is 2.96. The second-order valence-corrected chi connectivity index (χ2v) is 4.42. The summed E-state index contributed by atoms with van der Waals surface area (Å²) >= 11 is 0. The maximum Gasteiger partial charge on any atom is 0.0365 e. The number of rotatable bonds is 3. The van der Waals surface area contributed by atoms with E-state index in [-0.39, 0.29) is 0 Å². The highest BCUT2D eigenvalue weighted by atomic mass is 15.1. The number of hydrogen-bond donors (Lipinski definition) is 1. The molecule has 0 saturated heterocycles. The molecule has 0 aliphatic carbocycles. The van der Waals surface area contributed by atoms with E-state index in [1.165, 1.54) is 11.3 Å². The zero-order valence-corrected chi connectivity index (χ0v) is 12.1. The van der Waals surface area contributed by atoms with Gasteiger partial charge in [0.2, 0.25) is 0 Å². The van der Waals surface area contributed by atoms with E-state index in [9.17, 15) is 0 Å². The zero-order valence-electron chi connectivity index (χ0n) is 12.1. The smallest absolute Gasteiger partial charge is 0.0365 e. The average molecular weight is 256 g/mol. The van der Waals surface area contributed by atoms with Crippen LogP contribution in [-0.2, 0) is 0 Å². The number of hydrogen-bond acceptors (Lipinski definition) is 2. The molecule has 0 heterocycles. The molecule has 2 rings (SSSR count). The number of nitrogens with zero attached hydrogens (tertiary/aromatic N) is 1. The van der Waals surface area contributed by atoms with Crippen LogP contribution in [0.5, 0.6) is 0 Å². The summed E-state index contributed by atoms with van der Waals surface area (Å²) in [6.07, 6.45) is 0. The van der Waals surface area contributed by atoms with E-state index in [1.807, 2.05) is 37.3 Å². The van der Waals surface area contributed by atoms with Crippen LogP contribution < -0.4 is 10.6 Å². The number of benzene rings is 2. The molecule has 0 aromatic heterocycles. The van der Waals surface area contributed by atoms with E-state index in [1.54, 1.807) is 0 Å². The summed E-state index contributed by atoms with van der Waals surface area (Å²) in [6.45, 7) is 8.56. The minimum absolute atomic E-state index is 0.829. The van der Waals surface area contributed by atoms with Crippen molar-refractivity contribution in [3.8, 4) is 0 Å². The molecular weight excluding hydrogens is 232 g/mol. The van der Waals surface area contributed by atoms with Gasteiger partial charge in [0.15, 0.2) is 0 Å². The summed E-state index contributed by atoms with van der Waals surface area (Å²) in [6, 6.07) is 18.3. The SMILES string of the molecule is CCN(CC)c1ccccc1.Cc1ccc(N)cc1. The summed E-state index contributed by atoms with van der Waals surface area (Å²) in [7, 11) is 0. The molecule has 2 aromatic carbocycles. The van der Waals surface area contributed by atoms with Crippen molar-refractivity contribution in [2.24, 2.45) is 0 Å². The van der Waals surface area contributed by atoms with Crippen LogP contribution in [0.25, 0.3) is 0 Å². The highest BCUT2D eigenvalue weighted by Crippen LogP contribution is 2.11. The van der Waals surface area contributed by atoms with E-state index >= 15 is 0 Å². The quantitative estimate of drug-likeness (QED) is 0.837. The van der Waals surface area contributed by atoms with Crippen molar-refractivity contribution in [2.45, 2.75) is 20.8 Å². The van der Waals surface area contributed by atoms with E-state index in [4.69, 9.17) is 5.73 Å². The molecule has 19 heavy (non-hydrogen) atoms. The third-order valence-electron chi connectivity index (χ3n) is 2.96. The molecule has 0 aliphatic heterocycles. The second-order valence-electron chi connectivity index (χ2n) is 4.42. The molecule has 2 nitrogen and oxygen atoms in total. The fourth-order valence-electron chi connectivity index (χ4n) is 1.79. The van der Waals surface area contributed by atoms with Crippen LogP contribution in [0.4, 0.5) is 11.4 Å². The number of aryl methyl sites for hydroxylation is 1. The molecule has 2 heteroatoms. The van der Waals surface area contributed by atoms with Crippen LogP contribution >= 0.6 is 0 Å². The van der Waals surface area contributed by atoms with Crippen LogP contribution in [0.2, 0.25) is 0 Å². The van der Waals surface area contributed by atoms with E-state index < -0.39 is 0 Å². The fourth-order valence-corrected chi connectivity index (χ4v) is 1.79. The van der Waals surface area contributed by atoms with Crippen LogP contribution in [0.15, 0.2) is 54.6 Å². The Labute approximate surface area is 116 Å². The van der Waals surface area contributed by atoms with Gasteiger partial charge in [-0.3, -0.25) is 0 Å². The van der Waals surface area contributed by atoms with Gasteiger partial charge >= 0.3 is 0 Å². The van der Waals surface area contributed by atoms with Gasteiger partial charge in [0.05, 0.1) is 0 Å². The Morgan fingerprint density at radius 2 is 1.37 bits per heavy atom. The minimum atomic E-state index is 0.829. The summed E-state index contributed by atoms with van der Waals surface area (Å²) in [5, 5.41) is 0. The summed E-state index contributed by atoms with van der Waals surface area (Å²) < 4.78 is 0. The predicted molar refractivity (Wildman–Crippen MR) is 85.6 cm³/mol. The number of anilines is 2. The van der Waals surface area contributed by atoms with Crippen LogP contribution in [0.3, 0.4) is 0 Å². The number of nitrogens with two attached hydrogens (primary N) is 1. The van der Waals surface area contributed by atoms with E-state index in [0.717, 1.165) is 18.8 Å². The first-order valence-corrected chi connectivity index (χ1v) is 6.79. The van der Waals surface area contributed by atoms with Gasteiger partial charge in [-0.15, -0.1) is 0 Å². The third kappa shape index (κ3) is 5.47. The van der Waals surface area contributed by atoms with Crippen molar-refractivity contribution in [1.82, 2.24) is 0 Å². The average Bonchev–Trinajstić information content (AvgIpc) is 2.45. The van der Waals surface area contributed by atoms with Gasteiger partial charge in [-0.2, -0.15) is 0 Å². The van der Waals surface area contributed by atoms with Crippen molar-refractivity contribution in [3.05, 3.63) is 60.2 Å². The summed E-state index contributed by atoms with van der Waals surface area (Å²) in [5.74, 6) is 0. The molecule has 2 aromatic rings. The molecule has 0 fully saturated rings. The molecule has 102 valence electrons. The van der Waals surface area contributed by atoms with E-state index in [0.29, 0.717) is 0 Å². The van der Waals surface area contributed by atoms with Crippen molar-refractivity contribution >= 4 is 11.4 Å². The minimum Gasteiger partial charge on any atom is -0.399 e. The van der Waals surface area contributed by atoms with Crippen LogP contribution in [0.1, 0.15) is 19.4 Å². The van der Waals surface area contributed by atoms with Crippen molar-refractivity contribution < 1.29 is 0 Å². The van der Waals surface area contributed by atoms with Gasteiger partial charge in [0.25, 0.3) is 0 Å². The molecule has 0 saturated carbocycles. The Morgan fingerprint density at radius 3 is 1.79 bits per heavy atom. The molecule has 0 bridgehead atoms. The molecule has 0 amide bonds. The van der Waals surface area contributed by atoms with Crippen LogP contribution in [0, 0.1) is 6.92 Å². The number of para-hydroxylation sites is 1. The highest BCUT2D eigenvalue weighted by Gasteiger charge is 1.97. The predicted octanol–water partition coefficient (Wildman–Crippen LogP) is 4.11. The van der Waals surface area contributed by atoms with Crippen molar-refractivity contribution in [2.75, 3.05) is 23.7 Å². The molecular formula is C17H24N2. The Morgan fingerprint density at radius 1 is 0.842 bits per heavy atom. The first-order chi connectivity index (χ1) is 9.17. The van der Waals surface area contributed by atoms with Gasteiger partial charge in [0.1, 0.15) is 0 Å². The van der Waals surface area contributed by atoms with Crippen molar-refractivity contribution in [1.29, 1.82) is 0 Å². The zero-order chi connectivity index (χ0) is 14.1. The van der Waals surface area contributed by atoms with Gasteiger partial charge < -0.3 is 10.6 Å². The lowest BCUT2D eigenvalue weighted by Crippen LogP contribution is -2.21. The monoisotopic (exact) mass is 256 g/mol. The standard InChI is InChI=1S/C10H15N.C7H9N/c1-3-11(4-2)10-8-6-5-7-9-10;1-6-2-4-7(8)5-3-6/h5-9H,3-4H2,1-2H3;2-5H,8H2,1H3. The molecule has 2 N–H and O–H groups in total. The van der Waals surface area contributed by atoms with Crippen molar-refractivity contribution in [3.63, 3.8) is 0 Å². The lowest BCUT2D eigenvalue weighted by Gasteiger charge is -2.20. The first-order valence-electron chi connectivity index (χ1n) is 6.79. The topological polar surface area (TPSA) is 29.3 Å². The Kier molecular flexibility index (Phi) is 6.51. The van der Waals surface area contributed by atoms with Gasteiger partial charge in [0, 0.05) is 24.5 Å². The molecule has 0 radical (unpaired) electrons. The number of nitrogen functional groups attached to an aromatic ring is 1. The highest BCUT2D eigenvalue weighted by molar-refractivity contribution is 5.45.